The van der Waals surface area contributed by atoms with Gasteiger partial charge in [-0.3, -0.25) is 0 Å². The Morgan fingerprint density at radius 1 is 0.933 bits per heavy atom. The minimum absolute atomic E-state index is 0.887. The van der Waals surface area contributed by atoms with Gasteiger partial charge in [0.05, 0.1) is 0 Å². The first-order valence-corrected chi connectivity index (χ1v) is 6.73. The lowest BCUT2D eigenvalue weighted by atomic mass is 9.95. The van der Waals surface area contributed by atoms with Crippen molar-refractivity contribution >= 4 is 0 Å². The predicted molar refractivity (Wildman–Crippen MR) is 63.0 cm³/mol. The standard InChI is InChI=1S/C13H25NO/c1-2-4-13(3-1)11-15-10-7-12-5-8-14-9-6-12/h12-14H,1-11H2. The van der Waals surface area contributed by atoms with E-state index in [-0.39, 0.29) is 0 Å². The van der Waals surface area contributed by atoms with Gasteiger partial charge in [-0.15, -0.1) is 0 Å². The molecule has 0 bridgehead atoms. The zero-order chi connectivity index (χ0) is 10.3. The van der Waals surface area contributed by atoms with Gasteiger partial charge in [0.15, 0.2) is 0 Å². The summed E-state index contributed by atoms with van der Waals surface area (Å²) in [6, 6.07) is 0. The molecule has 15 heavy (non-hydrogen) atoms. The molecule has 2 rings (SSSR count). The van der Waals surface area contributed by atoms with Crippen molar-refractivity contribution in [1.82, 2.24) is 5.32 Å². The van der Waals surface area contributed by atoms with Crippen LogP contribution in [0.4, 0.5) is 0 Å². The molecule has 1 N–H and O–H groups in total. The van der Waals surface area contributed by atoms with Gasteiger partial charge in [-0.2, -0.15) is 0 Å². The molecule has 1 aliphatic heterocycles. The van der Waals surface area contributed by atoms with Gasteiger partial charge < -0.3 is 10.1 Å². The van der Waals surface area contributed by atoms with Gasteiger partial charge in [-0.05, 0) is 57.0 Å². The molecule has 2 fully saturated rings. The van der Waals surface area contributed by atoms with Gasteiger partial charge in [0.2, 0.25) is 0 Å². The van der Waals surface area contributed by atoms with E-state index in [1.807, 2.05) is 0 Å². The number of hydrogen-bond donors (Lipinski definition) is 1. The highest BCUT2D eigenvalue weighted by atomic mass is 16.5. The molecule has 0 unspecified atom stereocenters. The molecule has 1 aliphatic carbocycles. The first-order valence-electron chi connectivity index (χ1n) is 6.73. The molecule has 0 radical (unpaired) electrons. The Kier molecular flexibility index (Phi) is 4.94. The fraction of sp³-hybridized carbons (Fsp3) is 1.00. The van der Waals surface area contributed by atoms with E-state index in [4.69, 9.17) is 4.74 Å². The highest BCUT2D eigenvalue weighted by Gasteiger charge is 2.16. The van der Waals surface area contributed by atoms with E-state index < -0.39 is 0 Å². The molecule has 2 nitrogen and oxygen atoms in total. The number of nitrogens with one attached hydrogen (secondary N) is 1. The molecule has 1 saturated carbocycles. The molecular formula is C13H25NO. The summed E-state index contributed by atoms with van der Waals surface area (Å²) < 4.78 is 5.80. The second-order valence-electron chi connectivity index (χ2n) is 5.21. The summed E-state index contributed by atoms with van der Waals surface area (Å²) in [6.07, 6.45) is 9.68. The topological polar surface area (TPSA) is 21.3 Å². The lowest BCUT2D eigenvalue weighted by molar-refractivity contribution is 0.0867. The lowest BCUT2D eigenvalue weighted by Gasteiger charge is -2.22. The van der Waals surface area contributed by atoms with Gasteiger partial charge in [0.1, 0.15) is 0 Å². The molecule has 2 heteroatoms. The van der Waals surface area contributed by atoms with Gasteiger partial charge in [0.25, 0.3) is 0 Å². The van der Waals surface area contributed by atoms with E-state index in [0.717, 1.165) is 25.0 Å². The van der Waals surface area contributed by atoms with Gasteiger partial charge in [0, 0.05) is 13.2 Å². The average Bonchev–Trinajstić information content (AvgIpc) is 2.79. The number of rotatable bonds is 5. The zero-order valence-electron chi connectivity index (χ0n) is 9.84. The van der Waals surface area contributed by atoms with Crippen molar-refractivity contribution < 1.29 is 4.74 Å². The van der Waals surface area contributed by atoms with Crippen LogP contribution in [0.1, 0.15) is 44.9 Å². The molecule has 0 aromatic rings. The summed E-state index contributed by atoms with van der Waals surface area (Å²) in [5.41, 5.74) is 0. The average molecular weight is 211 g/mol. The van der Waals surface area contributed by atoms with Crippen molar-refractivity contribution in [3.05, 3.63) is 0 Å². The van der Waals surface area contributed by atoms with Gasteiger partial charge in [-0.1, -0.05) is 12.8 Å². The first-order chi connectivity index (χ1) is 7.45. The third kappa shape index (κ3) is 4.12. The maximum Gasteiger partial charge on any atom is 0.0494 e. The van der Waals surface area contributed by atoms with Crippen LogP contribution in [0.25, 0.3) is 0 Å². The third-order valence-electron chi connectivity index (χ3n) is 3.96. The zero-order valence-corrected chi connectivity index (χ0v) is 9.84. The molecule has 0 atom stereocenters. The van der Waals surface area contributed by atoms with Crippen LogP contribution in [0, 0.1) is 11.8 Å². The third-order valence-corrected chi connectivity index (χ3v) is 3.96. The van der Waals surface area contributed by atoms with Crippen LogP contribution >= 0.6 is 0 Å². The second-order valence-corrected chi connectivity index (χ2v) is 5.21. The Balaban J connectivity index is 1.47. The monoisotopic (exact) mass is 211 g/mol. The Labute approximate surface area is 93.8 Å². The van der Waals surface area contributed by atoms with Crippen molar-refractivity contribution in [3.8, 4) is 0 Å². The highest BCUT2D eigenvalue weighted by Crippen LogP contribution is 2.25. The van der Waals surface area contributed by atoms with Crippen LogP contribution in [0.2, 0.25) is 0 Å². The Morgan fingerprint density at radius 3 is 2.40 bits per heavy atom. The second kappa shape index (κ2) is 6.49. The van der Waals surface area contributed by atoms with Crippen LogP contribution in [-0.2, 0) is 4.74 Å². The van der Waals surface area contributed by atoms with Crippen molar-refractivity contribution in [2.24, 2.45) is 11.8 Å². The van der Waals surface area contributed by atoms with Crippen LogP contribution in [0.15, 0.2) is 0 Å². The molecule has 2 aliphatic rings. The fourth-order valence-corrected chi connectivity index (χ4v) is 2.85. The quantitative estimate of drug-likeness (QED) is 0.706. The van der Waals surface area contributed by atoms with Crippen LogP contribution in [-0.4, -0.2) is 26.3 Å². The summed E-state index contributed by atoms with van der Waals surface area (Å²) in [5.74, 6) is 1.81. The summed E-state index contributed by atoms with van der Waals surface area (Å²) in [6.45, 7) is 4.46. The van der Waals surface area contributed by atoms with E-state index in [1.54, 1.807) is 0 Å². The van der Waals surface area contributed by atoms with Crippen molar-refractivity contribution in [1.29, 1.82) is 0 Å². The summed E-state index contributed by atoms with van der Waals surface area (Å²) >= 11 is 0. The largest absolute Gasteiger partial charge is 0.381 e. The molecule has 0 amide bonds. The number of piperidine rings is 1. The molecule has 0 aromatic carbocycles. The minimum atomic E-state index is 0.887. The smallest absolute Gasteiger partial charge is 0.0494 e. The Morgan fingerprint density at radius 2 is 1.67 bits per heavy atom. The Bertz CT molecular complexity index is 160. The van der Waals surface area contributed by atoms with E-state index >= 15 is 0 Å². The summed E-state index contributed by atoms with van der Waals surface area (Å²) in [7, 11) is 0. The lowest BCUT2D eigenvalue weighted by Crippen LogP contribution is -2.28. The van der Waals surface area contributed by atoms with Crippen molar-refractivity contribution in [3.63, 3.8) is 0 Å². The minimum Gasteiger partial charge on any atom is -0.381 e. The maximum atomic E-state index is 5.80. The van der Waals surface area contributed by atoms with E-state index in [9.17, 15) is 0 Å². The predicted octanol–water partition coefficient (Wildman–Crippen LogP) is 2.58. The van der Waals surface area contributed by atoms with Gasteiger partial charge >= 0.3 is 0 Å². The molecular weight excluding hydrogens is 186 g/mol. The highest BCUT2D eigenvalue weighted by molar-refractivity contribution is 4.69. The van der Waals surface area contributed by atoms with Crippen LogP contribution in [0.3, 0.4) is 0 Å². The summed E-state index contributed by atoms with van der Waals surface area (Å²) in [5, 5.41) is 3.41. The van der Waals surface area contributed by atoms with Crippen molar-refractivity contribution in [2.45, 2.75) is 44.9 Å². The molecule has 1 saturated heterocycles. The molecule has 1 heterocycles. The van der Waals surface area contributed by atoms with Crippen molar-refractivity contribution in [2.75, 3.05) is 26.3 Å². The molecule has 0 aromatic heterocycles. The van der Waals surface area contributed by atoms with Crippen LogP contribution < -0.4 is 5.32 Å². The van der Waals surface area contributed by atoms with Gasteiger partial charge in [-0.25, -0.2) is 0 Å². The molecule has 0 spiro atoms. The fourth-order valence-electron chi connectivity index (χ4n) is 2.85. The van der Waals surface area contributed by atoms with E-state index in [2.05, 4.69) is 5.32 Å². The maximum absolute atomic E-state index is 5.80. The summed E-state index contributed by atoms with van der Waals surface area (Å²) in [4.78, 5) is 0. The number of hydrogen-bond acceptors (Lipinski definition) is 2. The van der Waals surface area contributed by atoms with E-state index in [0.29, 0.717) is 0 Å². The van der Waals surface area contributed by atoms with E-state index in [1.165, 1.54) is 58.0 Å². The number of ether oxygens (including phenoxy) is 1. The molecule has 88 valence electrons. The first kappa shape index (κ1) is 11.4. The van der Waals surface area contributed by atoms with Crippen LogP contribution in [0.5, 0.6) is 0 Å². The normalized spacial score (nSPS) is 24.8. The SMILES string of the molecule is C1CCC(COCCC2CCNCC2)C1. The Hall–Kier alpha value is -0.0800.